The molecule has 0 saturated carbocycles. The number of alkyl halides is 2. The lowest BCUT2D eigenvalue weighted by Crippen LogP contribution is -2.28. The highest BCUT2D eigenvalue weighted by molar-refractivity contribution is 5.99. The van der Waals surface area contributed by atoms with Crippen molar-refractivity contribution < 1.29 is 27.8 Å². The van der Waals surface area contributed by atoms with Crippen LogP contribution in [0.4, 0.5) is 13.2 Å². The average molecular weight is 470 g/mol. The van der Waals surface area contributed by atoms with Gasteiger partial charge in [0.1, 0.15) is 6.42 Å². The fraction of sp³-hybridized carbons (Fsp3) is 0.292. The Morgan fingerprint density at radius 3 is 2.68 bits per heavy atom. The molecule has 0 amide bonds. The maximum atomic E-state index is 15.6. The summed E-state index contributed by atoms with van der Waals surface area (Å²) in [5, 5.41) is 26.1. The summed E-state index contributed by atoms with van der Waals surface area (Å²) in [4.78, 5) is 11.4. The van der Waals surface area contributed by atoms with Crippen molar-refractivity contribution in [1.29, 1.82) is 5.26 Å². The first kappa shape index (κ1) is 23.2. The molecule has 0 fully saturated rings. The summed E-state index contributed by atoms with van der Waals surface area (Å²) in [6, 6.07) is 9.13. The lowest BCUT2D eigenvalue weighted by Gasteiger charge is -2.28. The van der Waals surface area contributed by atoms with Crippen molar-refractivity contribution in [2.45, 2.75) is 38.0 Å². The Kier molecular flexibility index (Phi) is 5.52. The number of halogens is 3. The molecule has 0 aliphatic rings. The SMILES string of the molecule is COc1cc(-n2c(C(C)(C)CC#N)c(C(F)(F)CC(=O)O)c3cc4[nH]ncc4cc32)ccc1F. The molecule has 0 aliphatic carbocycles. The van der Waals surface area contributed by atoms with E-state index in [4.69, 9.17) is 4.74 Å². The first-order valence-corrected chi connectivity index (χ1v) is 10.3. The van der Waals surface area contributed by atoms with Crippen LogP contribution in [0.5, 0.6) is 5.75 Å². The van der Waals surface area contributed by atoms with Gasteiger partial charge in [0.15, 0.2) is 11.6 Å². The highest BCUT2D eigenvalue weighted by Crippen LogP contribution is 2.47. The number of aromatic amines is 1. The summed E-state index contributed by atoms with van der Waals surface area (Å²) < 4.78 is 52.1. The monoisotopic (exact) mass is 470 g/mol. The van der Waals surface area contributed by atoms with Crippen LogP contribution in [0, 0.1) is 17.1 Å². The Morgan fingerprint density at radius 2 is 2.03 bits per heavy atom. The predicted octanol–water partition coefficient (Wildman–Crippen LogP) is 5.41. The summed E-state index contributed by atoms with van der Waals surface area (Å²) >= 11 is 0. The molecule has 2 heterocycles. The van der Waals surface area contributed by atoms with Crippen LogP contribution in [0.25, 0.3) is 27.5 Å². The Hall–Kier alpha value is -4.00. The molecule has 176 valence electrons. The molecule has 4 rings (SSSR count). The number of benzene rings is 2. The van der Waals surface area contributed by atoms with E-state index in [0.717, 1.165) is 6.07 Å². The number of methoxy groups -OCH3 is 1. The van der Waals surface area contributed by atoms with Crippen LogP contribution in [0.1, 0.15) is 37.9 Å². The molecular weight excluding hydrogens is 449 g/mol. The number of carboxylic acid groups (broad SMARTS) is 1. The number of rotatable bonds is 7. The Bertz CT molecular complexity index is 1460. The van der Waals surface area contributed by atoms with Gasteiger partial charge in [0, 0.05) is 40.1 Å². The number of aliphatic carboxylic acids is 1. The maximum Gasteiger partial charge on any atom is 0.309 e. The van der Waals surface area contributed by atoms with E-state index in [1.165, 1.54) is 36.1 Å². The molecule has 4 aromatic rings. The van der Waals surface area contributed by atoms with Crippen molar-refractivity contribution in [1.82, 2.24) is 14.8 Å². The van der Waals surface area contributed by atoms with Crippen LogP contribution in [-0.2, 0) is 16.1 Å². The first-order valence-electron chi connectivity index (χ1n) is 10.3. The van der Waals surface area contributed by atoms with Gasteiger partial charge in [0.2, 0.25) is 0 Å². The summed E-state index contributed by atoms with van der Waals surface area (Å²) in [5.74, 6) is -6.16. The second kappa shape index (κ2) is 8.09. The average Bonchev–Trinajstić information content (AvgIpc) is 3.34. The number of carbonyl (C=O) groups is 1. The number of fused-ring (bicyclic) bond motifs is 2. The van der Waals surface area contributed by atoms with E-state index in [-0.39, 0.29) is 23.3 Å². The first-order chi connectivity index (χ1) is 16.0. The number of nitriles is 1. The summed E-state index contributed by atoms with van der Waals surface area (Å²) in [5.41, 5.74) is -0.417. The molecular formula is C24H21F3N4O3. The third kappa shape index (κ3) is 3.73. The van der Waals surface area contributed by atoms with E-state index >= 15 is 8.78 Å². The van der Waals surface area contributed by atoms with Gasteiger partial charge >= 0.3 is 5.97 Å². The number of hydrogen-bond donors (Lipinski definition) is 2. The van der Waals surface area contributed by atoms with Crippen LogP contribution in [0.3, 0.4) is 0 Å². The molecule has 10 heteroatoms. The van der Waals surface area contributed by atoms with Gasteiger partial charge in [-0.05, 0) is 24.3 Å². The Morgan fingerprint density at radius 1 is 1.29 bits per heavy atom. The fourth-order valence-corrected chi connectivity index (χ4v) is 4.35. The van der Waals surface area contributed by atoms with Gasteiger partial charge in [-0.1, -0.05) is 13.8 Å². The molecule has 0 atom stereocenters. The van der Waals surface area contributed by atoms with Gasteiger partial charge in [0.05, 0.1) is 36.0 Å². The minimum Gasteiger partial charge on any atom is -0.494 e. The number of nitrogens with zero attached hydrogens (tertiary/aromatic N) is 3. The van der Waals surface area contributed by atoms with Gasteiger partial charge in [-0.3, -0.25) is 9.89 Å². The second-order valence-corrected chi connectivity index (χ2v) is 8.70. The van der Waals surface area contributed by atoms with E-state index < -0.39 is 35.1 Å². The van der Waals surface area contributed by atoms with Crippen LogP contribution in [0.2, 0.25) is 0 Å². The number of nitrogens with one attached hydrogen (secondary N) is 1. The van der Waals surface area contributed by atoms with Crippen molar-refractivity contribution in [2.75, 3.05) is 7.11 Å². The van der Waals surface area contributed by atoms with Crippen LogP contribution < -0.4 is 4.74 Å². The minimum atomic E-state index is -3.77. The molecule has 0 aliphatic heterocycles. The zero-order valence-corrected chi connectivity index (χ0v) is 18.6. The van der Waals surface area contributed by atoms with Gasteiger partial charge < -0.3 is 14.4 Å². The third-order valence-corrected chi connectivity index (χ3v) is 5.82. The molecule has 2 N–H and O–H groups in total. The quantitative estimate of drug-likeness (QED) is 0.376. The summed E-state index contributed by atoms with van der Waals surface area (Å²) in [6.07, 6.45) is -0.0285. The summed E-state index contributed by atoms with van der Waals surface area (Å²) in [7, 11) is 1.29. The summed E-state index contributed by atoms with van der Waals surface area (Å²) in [6.45, 7) is 3.27. The number of aromatic nitrogens is 3. The molecule has 0 saturated heterocycles. The van der Waals surface area contributed by atoms with Crippen molar-refractivity contribution in [3.8, 4) is 17.5 Å². The number of H-pyrrole nitrogens is 1. The maximum absolute atomic E-state index is 15.6. The molecule has 7 nitrogen and oxygen atoms in total. The number of ether oxygens (including phenoxy) is 1. The molecule has 0 spiro atoms. The lowest BCUT2D eigenvalue weighted by atomic mass is 9.81. The van der Waals surface area contributed by atoms with Crippen LogP contribution in [0.15, 0.2) is 36.5 Å². The smallest absolute Gasteiger partial charge is 0.309 e. The molecule has 0 bridgehead atoms. The zero-order valence-electron chi connectivity index (χ0n) is 18.6. The van der Waals surface area contributed by atoms with Crippen molar-refractivity contribution in [2.24, 2.45) is 0 Å². The van der Waals surface area contributed by atoms with E-state index in [0.29, 0.717) is 22.1 Å². The number of hydrogen-bond acceptors (Lipinski definition) is 4. The minimum absolute atomic E-state index is 0.0598. The van der Waals surface area contributed by atoms with Crippen LogP contribution in [-0.4, -0.2) is 33.0 Å². The highest BCUT2D eigenvalue weighted by atomic mass is 19.3. The Labute approximate surface area is 192 Å². The lowest BCUT2D eigenvalue weighted by molar-refractivity contribution is -0.145. The molecule has 2 aromatic heterocycles. The fourth-order valence-electron chi connectivity index (χ4n) is 4.35. The van der Waals surface area contributed by atoms with Crippen molar-refractivity contribution in [3.05, 3.63) is 53.6 Å². The third-order valence-electron chi connectivity index (χ3n) is 5.82. The van der Waals surface area contributed by atoms with Crippen LogP contribution >= 0.6 is 0 Å². The van der Waals surface area contributed by atoms with E-state index in [2.05, 4.69) is 10.2 Å². The second-order valence-electron chi connectivity index (χ2n) is 8.70. The predicted molar refractivity (Wildman–Crippen MR) is 119 cm³/mol. The normalized spacial score (nSPS) is 12.3. The van der Waals surface area contributed by atoms with Gasteiger partial charge in [0.25, 0.3) is 5.92 Å². The highest BCUT2D eigenvalue weighted by Gasteiger charge is 2.44. The Balaban J connectivity index is 2.23. The standard InChI is InChI=1S/C24H21F3N4O3/c1-23(2,6-7-28)22-21(24(26,27)11-20(32)33)15-10-17-13(12-29-30-17)8-18(15)31(22)14-4-5-16(25)19(9-14)34-3/h4-5,8-10,12H,6,11H2,1-3H3,(H,29,30)(H,32,33). The topological polar surface area (TPSA) is 104 Å². The van der Waals surface area contributed by atoms with E-state index in [1.54, 1.807) is 19.9 Å². The van der Waals surface area contributed by atoms with Gasteiger partial charge in [-0.2, -0.15) is 10.4 Å². The van der Waals surface area contributed by atoms with Crippen molar-refractivity contribution >= 4 is 27.8 Å². The molecule has 0 unspecified atom stereocenters. The molecule has 0 radical (unpaired) electrons. The zero-order chi connectivity index (χ0) is 24.8. The van der Waals surface area contributed by atoms with Gasteiger partial charge in [-0.25, -0.2) is 13.2 Å². The molecule has 34 heavy (non-hydrogen) atoms. The van der Waals surface area contributed by atoms with E-state index in [1.807, 2.05) is 6.07 Å². The van der Waals surface area contributed by atoms with Crippen molar-refractivity contribution in [3.63, 3.8) is 0 Å². The van der Waals surface area contributed by atoms with E-state index in [9.17, 15) is 19.6 Å². The number of carboxylic acids is 1. The largest absolute Gasteiger partial charge is 0.494 e. The van der Waals surface area contributed by atoms with Gasteiger partial charge in [-0.15, -0.1) is 0 Å². The molecule has 2 aromatic carbocycles.